The smallest absolute Gasteiger partial charge is 0.251 e. The van der Waals surface area contributed by atoms with Gasteiger partial charge in [0.25, 0.3) is 5.91 Å². The molecule has 0 spiro atoms. The molecule has 5 nitrogen and oxygen atoms in total. The molecule has 0 saturated carbocycles. The van der Waals surface area contributed by atoms with Gasteiger partial charge in [-0.15, -0.1) is 0 Å². The summed E-state index contributed by atoms with van der Waals surface area (Å²) in [6.07, 6.45) is 2.55. The summed E-state index contributed by atoms with van der Waals surface area (Å²) in [6.45, 7) is 5.21. The fraction of sp³-hybridized carbons (Fsp3) is 0.769. The fourth-order valence-corrected chi connectivity index (χ4v) is 3.92. The standard InChI is InChI=1S/C13H21N3O2S/c1-4-8(5-2)10-7-14-13(19-10)15-9-6-11(17)16(3)12(9)18/h8-10H,4-7H2,1-3H3,(H,14,15). The van der Waals surface area contributed by atoms with E-state index in [-0.39, 0.29) is 18.2 Å². The van der Waals surface area contributed by atoms with Crippen molar-refractivity contribution in [1.29, 1.82) is 0 Å². The van der Waals surface area contributed by atoms with Crippen molar-refractivity contribution in [3.05, 3.63) is 0 Å². The molecule has 2 heterocycles. The van der Waals surface area contributed by atoms with E-state index in [1.54, 1.807) is 11.8 Å². The van der Waals surface area contributed by atoms with Crippen LogP contribution in [-0.2, 0) is 9.59 Å². The maximum atomic E-state index is 11.8. The van der Waals surface area contributed by atoms with Crippen LogP contribution in [0, 0.1) is 5.92 Å². The molecule has 2 rings (SSSR count). The van der Waals surface area contributed by atoms with Crippen LogP contribution < -0.4 is 5.32 Å². The molecule has 1 N–H and O–H groups in total. The monoisotopic (exact) mass is 283 g/mol. The molecule has 2 amide bonds. The van der Waals surface area contributed by atoms with Crippen LogP contribution in [0.25, 0.3) is 0 Å². The third-order valence-corrected chi connectivity index (χ3v) is 5.24. The number of aliphatic imine (C=N–C) groups is 1. The van der Waals surface area contributed by atoms with Gasteiger partial charge >= 0.3 is 0 Å². The molecule has 0 aromatic heterocycles. The Kier molecular flexibility index (Phi) is 4.50. The first-order chi connectivity index (χ1) is 9.06. The zero-order valence-electron chi connectivity index (χ0n) is 11.7. The first kappa shape index (κ1) is 14.4. The van der Waals surface area contributed by atoms with E-state index < -0.39 is 6.04 Å². The molecule has 0 aromatic carbocycles. The summed E-state index contributed by atoms with van der Waals surface area (Å²) in [6, 6.07) is -0.427. The Balaban J connectivity index is 1.89. The largest absolute Gasteiger partial charge is 0.353 e. The maximum absolute atomic E-state index is 11.8. The van der Waals surface area contributed by atoms with Gasteiger partial charge in [0.1, 0.15) is 6.04 Å². The second kappa shape index (κ2) is 5.94. The van der Waals surface area contributed by atoms with Gasteiger partial charge in [-0.2, -0.15) is 0 Å². The van der Waals surface area contributed by atoms with Crippen molar-refractivity contribution in [2.24, 2.45) is 10.9 Å². The summed E-state index contributed by atoms with van der Waals surface area (Å²) < 4.78 is 0. The molecule has 2 aliphatic heterocycles. The molecule has 2 unspecified atom stereocenters. The zero-order chi connectivity index (χ0) is 14.0. The van der Waals surface area contributed by atoms with Gasteiger partial charge in [-0.3, -0.25) is 19.5 Å². The summed E-state index contributed by atoms with van der Waals surface area (Å²) in [5.74, 6) is 0.388. The lowest BCUT2D eigenvalue weighted by Gasteiger charge is -2.19. The highest BCUT2D eigenvalue weighted by Gasteiger charge is 2.37. The Morgan fingerprint density at radius 2 is 2.11 bits per heavy atom. The van der Waals surface area contributed by atoms with E-state index in [2.05, 4.69) is 24.2 Å². The molecule has 106 valence electrons. The van der Waals surface area contributed by atoms with Crippen molar-refractivity contribution >= 4 is 28.7 Å². The first-order valence-electron chi connectivity index (χ1n) is 6.84. The maximum Gasteiger partial charge on any atom is 0.251 e. The van der Waals surface area contributed by atoms with Crippen LogP contribution in [0.15, 0.2) is 4.99 Å². The second-order valence-electron chi connectivity index (χ2n) is 5.07. The van der Waals surface area contributed by atoms with Crippen molar-refractivity contribution in [1.82, 2.24) is 10.2 Å². The van der Waals surface area contributed by atoms with Crippen molar-refractivity contribution in [3.8, 4) is 0 Å². The van der Waals surface area contributed by atoms with Gasteiger partial charge in [0, 0.05) is 12.3 Å². The highest BCUT2D eigenvalue weighted by molar-refractivity contribution is 8.14. The molecule has 2 aliphatic rings. The number of carbonyl (C=O) groups is 2. The SMILES string of the molecule is CCC(CC)C1CN=C(NC2CC(=O)N(C)C2=O)S1. The first-order valence-corrected chi connectivity index (χ1v) is 7.72. The Morgan fingerprint density at radius 3 is 2.63 bits per heavy atom. The van der Waals surface area contributed by atoms with Gasteiger partial charge < -0.3 is 5.32 Å². The molecule has 6 heteroatoms. The quantitative estimate of drug-likeness (QED) is 0.789. The molecule has 0 aromatic rings. The number of hydrogen-bond donors (Lipinski definition) is 1. The molecule has 0 radical (unpaired) electrons. The summed E-state index contributed by atoms with van der Waals surface area (Å²) >= 11 is 1.72. The predicted molar refractivity (Wildman–Crippen MR) is 77.1 cm³/mol. The average Bonchev–Trinajstić information content (AvgIpc) is 2.94. The Labute approximate surface area is 118 Å². The van der Waals surface area contributed by atoms with E-state index in [0.29, 0.717) is 11.2 Å². The number of hydrogen-bond acceptors (Lipinski definition) is 5. The zero-order valence-corrected chi connectivity index (χ0v) is 12.5. The highest BCUT2D eigenvalue weighted by atomic mass is 32.2. The van der Waals surface area contributed by atoms with Crippen LogP contribution in [0.5, 0.6) is 0 Å². The number of carbonyl (C=O) groups excluding carboxylic acids is 2. The predicted octanol–water partition coefficient (Wildman–Crippen LogP) is 1.24. The minimum Gasteiger partial charge on any atom is -0.353 e. The molecule has 0 bridgehead atoms. The Bertz CT molecular complexity index is 407. The van der Waals surface area contributed by atoms with Gasteiger partial charge in [0.15, 0.2) is 5.17 Å². The number of nitrogens with zero attached hydrogens (tertiary/aromatic N) is 2. The minimum absolute atomic E-state index is 0.123. The number of likely N-dealkylation sites (N-methyl/N-ethyl adjacent to an activating group) is 1. The molecule has 1 fully saturated rings. The summed E-state index contributed by atoms with van der Waals surface area (Å²) in [5.41, 5.74) is 0. The molecule has 1 saturated heterocycles. The van der Waals surface area contributed by atoms with Gasteiger partial charge in [0.05, 0.1) is 13.0 Å². The lowest BCUT2D eigenvalue weighted by Crippen LogP contribution is -2.39. The fourth-order valence-electron chi connectivity index (χ4n) is 2.55. The molecular weight excluding hydrogens is 262 g/mol. The van der Waals surface area contributed by atoms with Crippen molar-refractivity contribution < 1.29 is 9.59 Å². The summed E-state index contributed by atoms with van der Waals surface area (Å²) in [7, 11) is 1.53. The summed E-state index contributed by atoms with van der Waals surface area (Å²) in [5, 5.41) is 4.44. The van der Waals surface area contributed by atoms with E-state index in [4.69, 9.17) is 0 Å². The lowest BCUT2D eigenvalue weighted by molar-refractivity contribution is -0.137. The highest BCUT2D eigenvalue weighted by Crippen LogP contribution is 2.30. The van der Waals surface area contributed by atoms with Crippen LogP contribution in [0.1, 0.15) is 33.1 Å². The van der Waals surface area contributed by atoms with Gasteiger partial charge in [-0.1, -0.05) is 38.5 Å². The van der Waals surface area contributed by atoms with E-state index >= 15 is 0 Å². The van der Waals surface area contributed by atoms with Crippen molar-refractivity contribution in [2.75, 3.05) is 13.6 Å². The molecule has 19 heavy (non-hydrogen) atoms. The summed E-state index contributed by atoms with van der Waals surface area (Å²) in [4.78, 5) is 28.9. The van der Waals surface area contributed by atoms with Crippen molar-refractivity contribution in [2.45, 2.75) is 44.4 Å². The Morgan fingerprint density at radius 1 is 1.42 bits per heavy atom. The number of amidine groups is 1. The van der Waals surface area contributed by atoms with Crippen LogP contribution in [0.3, 0.4) is 0 Å². The number of imide groups is 1. The van der Waals surface area contributed by atoms with Crippen molar-refractivity contribution in [3.63, 3.8) is 0 Å². The Hall–Kier alpha value is -1.04. The lowest BCUT2D eigenvalue weighted by atomic mass is 9.99. The van der Waals surface area contributed by atoms with E-state index in [1.807, 2.05) is 0 Å². The third kappa shape index (κ3) is 2.94. The van der Waals surface area contributed by atoms with Crippen LogP contribution in [-0.4, -0.2) is 46.8 Å². The van der Waals surface area contributed by atoms with Crippen LogP contribution in [0.4, 0.5) is 0 Å². The van der Waals surface area contributed by atoms with E-state index in [1.165, 1.54) is 11.9 Å². The van der Waals surface area contributed by atoms with Gasteiger partial charge in [-0.05, 0) is 5.92 Å². The average molecular weight is 283 g/mol. The van der Waals surface area contributed by atoms with Crippen LogP contribution >= 0.6 is 11.8 Å². The second-order valence-corrected chi connectivity index (χ2v) is 6.30. The number of rotatable bonds is 4. The normalized spacial score (nSPS) is 27.4. The van der Waals surface area contributed by atoms with Gasteiger partial charge in [-0.25, -0.2) is 0 Å². The number of nitrogens with one attached hydrogen (secondary N) is 1. The molecule has 2 atom stereocenters. The topological polar surface area (TPSA) is 61.8 Å². The number of thioether (sulfide) groups is 1. The molecular formula is C13H21N3O2S. The minimum atomic E-state index is -0.427. The third-order valence-electron chi connectivity index (χ3n) is 3.93. The number of amides is 2. The van der Waals surface area contributed by atoms with Gasteiger partial charge in [0.2, 0.25) is 5.91 Å². The number of likely N-dealkylation sites (tertiary alicyclic amines) is 1. The molecule has 0 aliphatic carbocycles. The van der Waals surface area contributed by atoms with Crippen LogP contribution in [0.2, 0.25) is 0 Å². The van der Waals surface area contributed by atoms with E-state index in [0.717, 1.165) is 24.6 Å². The van der Waals surface area contributed by atoms with E-state index in [9.17, 15) is 9.59 Å².